The molecule has 1 unspecified atom stereocenters. The number of aromatic nitrogens is 2. The molecule has 0 saturated heterocycles. The van der Waals surface area contributed by atoms with Crippen LogP contribution in [0, 0.1) is 6.92 Å². The van der Waals surface area contributed by atoms with E-state index >= 15 is 0 Å². The zero-order valence-electron chi connectivity index (χ0n) is 13.0. The van der Waals surface area contributed by atoms with E-state index in [9.17, 15) is 4.79 Å². The molecule has 5 nitrogen and oxygen atoms in total. The van der Waals surface area contributed by atoms with Crippen molar-refractivity contribution in [1.82, 2.24) is 9.55 Å². The van der Waals surface area contributed by atoms with Crippen molar-refractivity contribution in [2.24, 2.45) is 5.73 Å². The highest BCUT2D eigenvalue weighted by atomic mass is 16.1. The fourth-order valence-corrected chi connectivity index (χ4v) is 2.37. The summed E-state index contributed by atoms with van der Waals surface area (Å²) in [5, 5.41) is 3.90. The Morgan fingerprint density at radius 2 is 2.19 bits per heavy atom. The van der Waals surface area contributed by atoms with Crippen molar-refractivity contribution in [3.05, 3.63) is 34.2 Å². The lowest BCUT2D eigenvalue weighted by Crippen LogP contribution is -2.19. The number of hydrogen-bond donors (Lipinski definition) is 2. The minimum Gasteiger partial charge on any atom is -0.381 e. The van der Waals surface area contributed by atoms with E-state index < -0.39 is 0 Å². The van der Waals surface area contributed by atoms with E-state index in [4.69, 9.17) is 5.73 Å². The summed E-state index contributed by atoms with van der Waals surface area (Å²) < 4.78 is 2.01. The molecule has 0 aliphatic carbocycles. The summed E-state index contributed by atoms with van der Waals surface area (Å²) in [6.45, 7) is 7.51. The Balaban J connectivity index is 2.30. The largest absolute Gasteiger partial charge is 0.381 e. The molecular formula is C16H24N4O. The molecule has 0 amide bonds. The van der Waals surface area contributed by atoms with Crippen molar-refractivity contribution in [3.8, 4) is 0 Å². The van der Waals surface area contributed by atoms with Crippen LogP contribution in [0.2, 0.25) is 0 Å². The lowest BCUT2D eigenvalue weighted by molar-refractivity contribution is 0.639. The molecule has 0 spiro atoms. The molecule has 3 N–H and O–H groups in total. The maximum atomic E-state index is 12.5. The number of pyridine rings is 2. The first kappa shape index (κ1) is 15.5. The molecule has 2 heterocycles. The molecule has 2 aromatic rings. The third-order valence-corrected chi connectivity index (χ3v) is 3.55. The molecular weight excluding hydrogens is 264 g/mol. The van der Waals surface area contributed by atoms with Gasteiger partial charge in [-0.2, -0.15) is 0 Å². The zero-order chi connectivity index (χ0) is 15.4. The highest BCUT2D eigenvalue weighted by Crippen LogP contribution is 2.13. The smallest absolute Gasteiger partial charge is 0.214 e. The van der Waals surface area contributed by atoms with E-state index in [2.05, 4.69) is 10.3 Å². The Labute approximate surface area is 125 Å². The van der Waals surface area contributed by atoms with Gasteiger partial charge in [0.2, 0.25) is 5.43 Å². The van der Waals surface area contributed by atoms with E-state index in [1.807, 2.05) is 43.7 Å². The van der Waals surface area contributed by atoms with Gasteiger partial charge in [-0.1, -0.05) is 0 Å². The molecule has 0 aromatic carbocycles. The van der Waals surface area contributed by atoms with Gasteiger partial charge in [0.05, 0.1) is 11.1 Å². The zero-order valence-corrected chi connectivity index (χ0v) is 13.0. The molecule has 0 bridgehead atoms. The summed E-state index contributed by atoms with van der Waals surface area (Å²) in [7, 11) is 0. The van der Waals surface area contributed by atoms with Crippen LogP contribution < -0.4 is 16.5 Å². The minimum absolute atomic E-state index is 0.0167. The molecule has 1 atom stereocenters. The summed E-state index contributed by atoms with van der Waals surface area (Å²) in [6.07, 6.45) is 3.76. The Morgan fingerprint density at radius 3 is 2.86 bits per heavy atom. The third kappa shape index (κ3) is 3.61. The summed E-state index contributed by atoms with van der Waals surface area (Å²) in [5.41, 5.74) is 8.06. The van der Waals surface area contributed by atoms with Crippen molar-refractivity contribution >= 4 is 16.7 Å². The first-order valence-electron chi connectivity index (χ1n) is 7.53. The van der Waals surface area contributed by atoms with E-state index in [0.717, 1.165) is 37.3 Å². The number of anilines is 1. The van der Waals surface area contributed by atoms with Crippen molar-refractivity contribution < 1.29 is 0 Å². The number of nitrogens with two attached hydrogens (primary N) is 1. The van der Waals surface area contributed by atoms with Gasteiger partial charge < -0.3 is 15.6 Å². The second-order valence-corrected chi connectivity index (χ2v) is 5.53. The van der Waals surface area contributed by atoms with Crippen molar-refractivity contribution in [1.29, 1.82) is 0 Å². The highest BCUT2D eigenvalue weighted by molar-refractivity contribution is 5.79. The summed E-state index contributed by atoms with van der Waals surface area (Å²) in [4.78, 5) is 17.0. The standard InChI is InChI=1S/C16H24N4O/c1-4-20-10-14(18-9-5-6-11(2)17)15(21)13-8-7-12(3)19-16(13)20/h7-8,10-11,18H,4-6,9,17H2,1-3H3. The second kappa shape index (κ2) is 6.72. The van der Waals surface area contributed by atoms with Gasteiger partial charge in [-0.3, -0.25) is 4.79 Å². The fraction of sp³-hybridized carbons (Fsp3) is 0.500. The molecule has 0 aliphatic rings. The quantitative estimate of drug-likeness (QED) is 0.800. The van der Waals surface area contributed by atoms with Crippen molar-refractivity contribution in [2.75, 3.05) is 11.9 Å². The van der Waals surface area contributed by atoms with E-state index in [0.29, 0.717) is 11.1 Å². The van der Waals surface area contributed by atoms with Crippen LogP contribution in [0.3, 0.4) is 0 Å². The Hall–Kier alpha value is -1.88. The molecule has 0 radical (unpaired) electrons. The van der Waals surface area contributed by atoms with Crippen molar-refractivity contribution in [3.63, 3.8) is 0 Å². The number of nitrogens with zero attached hydrogens (tertiary/aromatic N) is 2. The summed E-state index contributed by atoms with van der Waals surface area (Å²) in [5.74, 6) is 0. The number of fused-ring (bicyclic) bond motifs is 1. The first-order valence-corrected chi connectivity index (χ1v) is 7.53. The first-order chi connectivity index (χ1) is 10.0. The average molecular weight is 288 g/mol. The SMILES string of the molecule is CCn1cc(NCCCC(C)N)c(=O)c2ccc(C)nc21. The molecule has 0 fully saturated rings. The fourth-order valence-electron chi connectivity index (χ4n) is 2.37. The number of aryl methyl sites for hydroxylation is 2. The lowest BCUT2D eigenvalue weighted by Gasteiger charge is -2.13. The Kier molecular flexibility index (Phi) is 4.96. The molecule has 0 saturated carbocycles. The van der Waals surface area contributed by atoms with Gasteiger partial charge in [0.25, 0.3) is 0 Å². The van der Waals surface area contributed by atoms with Crippen LogP contribution in [0.4, 0.5) is 5.69 Å². The van der Waals surface area contributed by atoms with E-state index in [1.165, 1.54) is 0 Å². The van der Waals surface area contributed by atoms with Crippen LogP contribution in [0.5, 0.6) is 0 Å². The predicted octanol–water partition coefficient (Wildman–Crippen LogP) is 2.26. The number of nitrogens with one attached hydrogen (secondary N) is 1. The van der Waals surface area contributed by atoms with Gasteiger partial charge in [0, 0.05) is 31.0 Å². The lowest BCUT2D eigenvalue weighted by atomic mass is 10.2. The summed E-state index contributed by atoms with van der Waals surface area (Å²) in [6, 6.07) is 3.94. The van der Waals surface area contributed by atoms with Crippen molar-refractivity contribution in [2.45, 2.75) is 46.2 Å². The van der Waals surface area contributed by atoms with Gasteiger partial charge in [-0.05, 0) is 45.7 Å². The Bertz CT molecular complexity index is 676. The molecule has 21 heavy (non-hydrogen) atoms. The van der Waals surface area contributed by atoms with E-state index in [-0.39, 0.29) is 11.5 Å². The monoisotopic (exact) mass is 288 g/mol. The van der Waals surface area contributed by atoms with Crippen LogP contribution in [-0.4, -0.2) is 22.1 Å². The molecule has 2 rings (SSSR count). The van der Waals surface area contributed by atoms with Crippen LogP contribution >= 0.6 is 0 Å². The minimum atomic E-state index is 0.0167. The maximum Gasteiger partial charge on any atom is 0.214 e. The van der Waals surface area contributed by atoms with Crippen LogP contribution in [0.25, 0.3) is 11.0 Å². The van der Waals surface area contributed by atoms with Gasteiger partial charge in [0.15, 0.2) is 0 Å². The Morgan fingerprint density at radius 1 is 1.43 bits per heavy atom. The van der Waals surface area contributed by atoms with Crippen LogP contribution in [0.1, 0.15) is 32.4 Å². The van der Waals surface area contributed by atoms with Gasteiger partial charge in [-0.15, -0.1) is 0 Å². The predicted molar refractivity (Wildman–Crippen MR) is 87.8 cm³/mol. The van der Waals surface area contributed by atoms with Gasteiger partial charge >= 0.3 is 0 Å². The maximum absolute atomic E-state index is 12.5. The molecule has 2 aromatic heterocycles. The van der Waals surface area contributed by atoms with Gasteiger partial charge in [-0.25, -0.2) is 4.98 Å². The number of rotatable bonds is 6. The molecule has 114 valence electrons. The molecule has 0 aliphatic heterocycles. The average Bonchev–Trinajstić information content (AvgIpc) is 2.45. The summed E-state index contributed by atoms with van der Waals surface area (Å²) >= 11 is 0. The van der Waals surface area contributed by atoms with E-state index in [1.54, 1.807) is 0 Å². The third-order valence-electron chi connectivity index (χ3n) is 3.55. The normalized spacial score (nSPS) is 12.6. The second-order valence-electron chi connectivity index (χ2n) is 5.53. The number of hydrogen-bond acceptors (Lipinski definition) is 4. The van der Waals surface area contributed by atoms with Crippen LogP contribution in [-0.2, 0) is 6.54 Å². The highest BCUT2D eigenvalue weighted by Gasteiger charge is 2.09. The van der Waals surface area contributed by atoms with Crippen LogP contribution in [0.15, 0.2) is 23.1 Å². The topological polar surface area (TPSA) is 72.9 Å². The molecule has 5 heteroatoms. The van der Waals surface area contributed by atoms with Gasteiger partial charge in [0.1, 0.15) is 5.65 Å².